The van der Waals surface area contributed by atoms with Crippen molar-refractivity contribution in [1.82, 2.24) is 0 Å². The Morgan fingerprint density at radius 2 is 1.68 bits per heavy atom. The van der Waals surface area contributed by atoms with Gasteiger partial charge in [-0.2, -0.15) is 0 Å². The molecule has 0 bridgehead atoms. The molecular formula is C16H15NOS. The summed E-state index contributed by atoms with van der Waals surface area (Å²) in [6, 6.07) is 17.2. The summed E-state index contributed by atoms with van der Waals surface area (Å²) >= 11 is 5.21. The van der Waals surface area contributed by atoms with Gasteiger partial charge in [-0.1, -0.05) is 60.2 Å². The highest BCUT2D eigenvalue weighted by Crippen LogP contribution is 2.10. The van der Waals surface area contributed by atoms with Gasteiger partial charge in [-0.25, -0.2) is 0 Å². The highest BCUT2D eigenvalue weighted by Gasteiger charge is 2.08. The predicted octanol–water partition coefficient (Wildman–Crippen LogP) is 4.01. The molecule has 3 heteroatoms. The van der Waals surface area contributed by atoms with E-state index in [9.17, 15) is 4.79 Å². The zero-order valence-electron chi connectivity index (χ0n) is 10.7. The quantitative estimate of drug-likeness (QED) is 0.671. The Hall–Kier alpha value is -2.00. The molecule has 0 amide bonds. The van der Waals surface area contributed by atoms with Gasteiger partial charge < -0.3 is 5.32 Å². The first-order chi connectivity index (χ1) is 9.15. The summed E-state index contributed by atoms with van der Waals surface area (Å²) in [5.74, 6) is 0.0356. The molecule has 0 atom stereocenters. The van der Waals surface area contributed by atoms with Crippen molar-refractivity contribution in [2.75, 3.05) is 5.32 Å². The van der Waals surface area contributed by atoms with Crippen LogP contribution in [-0.4, -0.2) is 10.8 Å². The Bertz CT molecular complexity index is 575. The standard InChI is InChI=1S/C16H15NOS/c1-12-7-9-13(10-8-12)15(18)11-16(19)17-14-5-3-2-4-6-14/h2-10H,11H2,1H3,(H,17,19). The number of Topliss-reactive ketones (excluding diaryl/α,β-unsaturated/α-hetero) is 1. The van der Waals surface area contributed by atoms with Gasteiger partial charge >= 0.3 is 0 Å². The molecule has 0 aromatic heterocycles. The number of hydrogen-bond donors (Lipinski definition) is 1. The summed E-state index contributed by atoms with van der Waals surface area (Å²) < 4.78 is 0. The normalized spacial score (nSPS) is 9.95. The molecule has 2 rings (SSSR count). The predicted molar refractivity (Wildman–Crippen MR) is 82.8 cm³/mol. The second-order valence-electron chi connectivity index (χ2n) is 4.38. The molecule has 0 aliphatic heterocycles. The largest absolute Gasteiger partial charge is 0.350 e. The monoisotopic (exact) mass is 269 g/mol. The lowest BCUT2D eigenvalue weighted by Gasteiger charge is -2.07. The summed E-state index contributed by atoms with van der Waals surface area (Å²) in [4.78, 5) is 12.6. The highest BCUT2D eigenvalue weighted by atomic mass is 32.1. The van der Waals surface area contributed by atoms with Gasteiger partial charge in [0.25, 0.3) is 0 Å². The highest BCUT2D eigenvalue weighted by molar-refractivity contribution is 7.80. The number of hydrogen-bond acceptors (Lipinski definition) is 2. The minimum atomic E-state index is 0.0356. The maximum absolute atomic E-state index is 12.0. The van der Waals surface area contributed by atoms with Crippen molar-refractivity contribution in [3.8, 4) is 0 Å². The van der Waals surface area contributed by atoms with E-state index in [0.717, 1.165) is 11.3 Å². The molecule has 0 unspecified atom stereocenters. The SMILES string of the molecule is Cc1ccc(C(=O)CC(=S)Nc2ccccc2)cc1. The number of benzene rings is 2. The van der Waals surface area contributed by atoms with Crippen LogP contribution in [0, 0.1) is 6.92 Å². The van der Waals surface area contributed by atoms with E-state index in [1.165, 1.54) is 0 Å². The molecule has 2 aromatic carbocycles. The minimum absolute atomic E-state index is 0.0356. The lowest BCUT2D eigenvalue weighted by molar-refractivity contribution is 0.100. The van der Waals surface area contributed by atoms with Crippen molar-refractivity contribution in [3.63, 3.8) is 0 Å². The van der Waals surface area contributed by atoms with Crippen LogP contribution in [-0.2, 0) is 0 Å². The molecule has 2 aromatic rings. The second kappa shape index (κ2) is 6.25. The molecule has 1 N–H and O–H groups in total. The molecule has 19 heavy (non-hydrogen) atoms. The molecule has 0 spiro atoms. The molecule has 0 heterocycles. The zero-order valence-corrected chi connectivity index (χ0v) is 11.5. The number of ketones is 1. The van der Waals surface area contributed by atoms with Crippen molar-refractivity contribution in [2.24, 2.45) is 0 Å². The van der Waals surface area contributed by atoms with Crippen LogP contribution in [0.15, 0.2) is 54.6 Å². The molecule has 0 aliphatic carbocycles. The summed E-state index contributed by atoms with van der Waals surface area (Å²) in [6.45, 7) is 2.00. The second-order valence-corrected chi connectivity index (χ2v) is 4.87. The Morgan fingerprint density at radius 3 is 2.32 bits per heavy atom. The van der Waals surface area contributed by atoms with Gasteiger partial charge in [-0.15, -0.1) is 0 Å². The van der Waals surface area contributed by atoms with Crippen LogP contribution in [0.1, 0.15) is 22.3 Å². The van der Waals surface area contributed by atoms with Crippen molar-refractivity contribution >= 4 is 28.7 Å². The molecule has 0 radical (unpaired) electrons. The van der Waals surface area contributed by atoms with Gasteiger partial charge in [0.2, 0.25) is 0 Å². The molecule has 0 fully saturated rings. The Labute approximate surface area is 118 Å². The first kappa shape index (κ1) is 13.4. The van der Waals surface area contributed by atoms with Crippen LogP contribution in [0.4, 0.5) is 5.69 Å². The van der Waals surface area contributed by atoms with Crippen molar-refractivity contribution in [1.29, 1.82) is 0 Å². The Balaban J connectivity index is 1.95. The van der Waals surface area contributed by atoms with E-state index in [1.54, 1.807) is 0 Å². The van der Waals surface area contributed by atoms with Crippen LogP contribution in [0.25, 0.3) is 0 Å². The van der Waals surface area contributed by atoms with Gasteiger partial charge in [0, 0.05) is 11.3 Å². The number of anilines is 1. The molecule has 2 nitrogen and oxygen atoms in total. The molecule has 96 valence electrons. The first-order valence-corrected chi connectivity index (χ1v) is 6.51. The lowest BCUT2D eigenvalue weighted by atomic mass is 10.1. The van der Waals surface area contributed by atoms with Gasteiger partial charge in [0.1, 0.15) is 0 Å². The fraction of sp³-hybridized carbons (Fsp3) is 0.125. The number of aryl methyl sites for hydroxylation is 1. The third-order valence-electron chi connectivity index (χ3n) is 2.75. The van der Waals surface area contributed by atoms with E-state index in [0.29, 0.717) is 10.6 Å². The minimum Gasteiger partial charge on any atom is -0.350 e. The molecule has 0 saturated heterocycles. The third kappa shape index (κ3) is 4.00. The smallest absolute Gasteiger partial charge is 0.169 e. The zero-order chi connectivity index (χ0) is 13.7. The molecular weight excluding hydrogens is 254 g/mol. The molecule has 0 aliphatic rings. The van der Waals surface area contributed by atoms with Crippen LogP contribution < -0.4 is 5.32 Å². The Morgan fingerprint density at radius 1 is 1.05 bits per heavy atom. The first-order valence-electron chi connectivity index (χ1n) is 6.10. The van der Waals surface area contributed by atoms with E-state index in [4.69, 9.17) is 12.2 Å². The Kier molecular flexibility index (Phi) is 4.42. The van der Waals surface area contributed by atoms with Crippen LogP contribution in [0.3, 0.4) is 0 Å². The van der Waals surface area contributed by atoms with E-state index in [2.05, 4.69) is 5.32 Å². The van der Waals surface area contributed by atoms with E-state index in [1.807, 2.05) is 61.5 Å². The van der Waals surface area contributed by atoms with Gasteiger partial charge in [0.05, 0.1) is 11.4 Å². The summed E-state index contributed by atoms with van der Waals surface area (Å²) in [6.07, 6.45) is 0.229. The van der Waals surface area contributed by atoms with Crippen molar-refractivity contribution < 1.29 is 4.79 Å². The molecule has 0 saturated carbocycles. The number of para-hydroxylation sites is 1. The third-order valence-corrected chi connectivity index (χ3v) is 3.00. The fourth-order valence-corrected chi connectivity index (χ4v) is 1.96. The maximum atomic E-state index is 12.0. The number of carbonyl (C=O) groups excluding carboxylic acids is 1. The van der Waals surface area contributed by atoms with E-state index >= 15 is 0 Å². The van der Waals surface area contributed by atoms with Gasteiger partial charge in [0.15, 0.2) is 5.78 Å². The van der Waals surface area contributed by atoms with Crippen LogP contribution >= 0.6 is 12.2 Å². The summed E-state index contributed by atoms with van der Waals surface area (Å²) in [5.41, 5.74) is 2.74. The van der Waals surface area contributed by atoms with Crippen LogP contribution in [0.2, 0.25) is 0 Å². The summed E-state index contributed by atoms with van der Waals surface area (Å²) in [5, 5.41) is 3.06. The lowest BCUT2D eigenvalue weighted by Crippen LogP contribution is -2.14. The van der Waals surface area contributed by atoms with E-state index in [-0.39, 0.29) is 12.2 Å². The number of nitrogens with one attached hydrogen (secondary N) is 1. The number of carbonyl (C=O) groups is 1. The van der Waals surface area contributed by atoms with Crippen molar-refractivity contribution in [2.45, 2.75) is 13.3 Å². The van der Waals surface area contributed by atoms with Gasteiger partial charge in [-0.05, 0) is 19.1 Å². The number of rotatable bonds is 4. The van der Waals surface area contributed by atoms with Gasteiger partial charge in [-0.3, -0.25) is 4.79 Å². The number of thiocarbonyl (C=S) groups is 1. The van der Waals surface area contributed by atoms with Crippen LogP contribution in [0.5, 0.6) is 0 Å². The average molecular weight is 269 g/mol. The van der Waals surface area contributed by atoms with E-state index < -0.39 is 0 Å². The van der Waals surface area contributed by atoms with Crippen molar-refractivity contribution in [3.05, 3.63) is 65.7 Å². The topological polar surface area (TPSA) is 29.1 Å². The fourth-order valence-electron chi connectivity index (χ4n) is 1.71. The summed E-state index contributed by atoms with van der Waals surface area (Å²) in [7, 11) is 0. The maximum Gasteiger partial charge on any atom is 0.169 e. The average Bonchev–Trinajstić information content (AvgIpc) is 2.40.